The molecule has 2 heterocycles. The quantitative estimate of drug-likeness (QED) is 0.464. The van der Waals surface area contributed by atoms with Crippen molar-refractivity contribution in [3.63, 3.8) is 0 Å². The van der Waals surface area contributed by atoms with Gasteiger partial charge in [-0.2, -0.15) is 0 Å². The third-order valence-electron chi connectivity index (χ3n) is 5.48. The fraction of sp³-hybridized carbons (Fsp3) is 0.304. The lowest BCUT2D eigenvalue weighted by Gasteiger charge is -2.27. The fourth-order valence-electron chi connectivity index (χ4n) is 3.93. The van der Waals surface area contributed by atoms with Crippen molar-refractivity contribution in [1.29, 1.82) is 0 Å². The first-order chi connectivity index (χ1) is 14.0. The van der Waals surface area contributed by atoms with Crippen molar-refractivity contribution in [2.75, 3.05) is 13.2 Å². The Morgan fingerprint density at radius 2 is 1.83 bits per heavy atom. The minimum Gasteiger partial charge on any atom is -0.507 e. The number of hydrogen-bond acceptors (Lipinski definition) is 4. The van der Waals surface area contributed by atoms with Gasteiger partial charge in [-0.1, -0.05) is 41.4 Å². The summed E-state index contributed by atoms with van der Waals surface area (Å²) in [5.41, 5.74) is 2.40. The molecule has 0 aromatic heterocycles. The maximum absolute atomic E-state index is 12.9. The van der Waals surface area contributed by atoms with Crippen LogP contribution in [-0.2, 0) is 14.3 Å². The molecule has 6 heteroatoms. The first kappa shape index (κ1) is 19.7. The van der Waals surface area contributed by atoms with E-state index in [1.165, 1.54) is 4.90 Å². The molecular weight excluding hydrogens is 390 g/mol. The molecule has 0 spiro atoms. The van der Waals surface area contributed by atoms with E-state index in [1.54, 1.807) is 24.3 Å². The van der Waals surface area contributed by atoms with Crippen molar-refractivity contribution >= 4 is 29.1 Å². The summed E-state index contributed by atoms with van der Waals surface area (Å²) in [5.74, 6) is -1.48. The van der Waals surface area contributed by atoms with E-state index in [9.17, 15) is 14.7 Å². The number of carbonyl (C=O) groups is 2. The van der Waals surface area contributed by atoms with Gasteiger partial charge in [0.1, 0.15) is 5.76 Å². The number of Topliss-reactive ketones (excluding diaryl/α,β-unsaturated/α-hetero) is 1. The Balaban J connectivity index is 1.81. The van der Waals surface area contributed by atoms with Gasteiger partial charge in [0, 0.05) is 23.7 Å². The summed E-state index contributed by atoms with van der Waals surface area (Å²) in [7, 11) is 0. The lowest BCUT2D eigenvalue weighted by molar-refractivity contribution is -0.140. The van der Waals surface area contributed by atoms with Gasteiger partial charge in [0.2, 0.25) is 0 Å². The van der Waals surface area contributed by atoms with Crippen LogP contribution >= 0.6 is 11.6 Å². The molecule has 2 saturated heterocycles. The molecule has 1 N–H and O–H groups in total. The summed E-state index contributed by atoms with van der Waals surface area (Å²) >= 11 is 5.94. The number of halogens is 1. The van der Waals surface area contributed by atoms with Crippen molar-refractivity contribution in [3.05, 3.63) is 75.8 Å². The van der Waals surface area contributed by atoms with Gasteiger partial charge in [0.15, 0.2) is 0 Å². The maximum atomic E-state index is 12.9. The van der Waals surface area contributed by atoms with Crippen LogP contribution in [0.25, 0.3) is 5.76 Å². The smallest absolute Gasteiger partial charge is 0.295 e. The first-order valence-electron chi connectivity index (χ1n) is 9.68. The highest BCUT2D eigenvalue weighted by Gasteiger charge is 2.47. The van der Waals surface area contributed by atoms with Gasteiger partial charge < -0.3 is 14.7 Å². The molecule has 5 nitrogen and oxygen atoms in total. The van der Waals surface area contributed by atoms with Crippen LogP contribution < -0.4 is 0 Å². The molecule has 0 saturated carbocycles. The van der Waals surface area contributed by atoms with E-state index in [1.807, 2.05) is 31.2 Å². The molecule has 0 unspecified atom stereocenters. The zero-order valence-electron chi connectivity index (χ0n) is 16.1. The van der Waals surface area contributed by atoms with Gasteiger partial charge in [0.05, 0.1) is 17.7 Å². The number of hydrogen-bond donors (Lipinski definition) is 1. The average molecular weight is 412 g/mol. The topological polar surface area (TPSA) is 66.8 Å². The molecule has 2 atom stereocenters. The normalized spacial score (nSPS) is 23.7. The van der Waals surface area contributed by atoms with E-state index >= 15 is 0 Å². The minimum atomic E-state index is -0.680. The third kappa shape index (κ3) is 3.80. The van der Waals surface area contributed by atoms with Gasteiger partial charge in [-0.15, -0.1) is 0 Å². The standard InChI is InChI=1S/C23H22ClNO4/c1-14-4-6-15(7-5-14)20-19(21(26)16-8-10-17(24)11-9-16)22(27)23(28)25(20)13-18-3-2-12-29-18/h4-11,18,20,26H,2-3,12-13H2,1H3/t18-,20+/m0/s1. The average Bonchev–Trinajstić information content (AvgIpc) is 3.31. The molecule has 150 valence electrons. The lowest BCUT2D eigenvalue weighted by atomic mass is 9.94. The number of benzene rings is 2. The van der Waals surface area contributed by atoms with Crippen molar-refractivity contribution in [2.24, 2.45) is 0 Å². The Kier molecular flexibility index (Phi) is 5.43. The van der Waals surface area contributed by atoms with Crippen LogP contribution in [0.5, 0.6) is 0 Å². The predicted molar refractivity (Wildman–Crippen MR) is 111 cm³/mol. The first-order valence-corrected chi connectivity index (χ1v) is 10.1. The highest BCUT2D eigenvalue weighted by molar-refractivity contribution is 6.46. The molecule has 2 fully saturated rings. The van der Waals surface area contributed by atoms with Gasteiger partial charge in [-0.25, -0.2) is 0 Å². The van der Waals surface area contributed by atoms with E-state index in [4.69, 9.17) is 16.3 Å². The summed E-state index contributed by atoms with van der Waals surface area (Å²) in [4.78, 5) is 27.4. The number of aryl methyl sites for hydroxylation is 1. The molecule has 4 rings (SSSR count). The monoisotopic (exact) mass is 411 g/mol. The Morgan fingerprint density at radius 3 is 2.45 bits per heavy atom. The number of carbonyl (C=O) groups excluding carboxylic acids is 2. The second kappa shape index (κ2) is 8.01. The van der Waals surface area contributed by atoms with Crippen LogP contribution in [0.3, 0.4) is 0 Å². The zero-order valence-corrected chi connectivity index (χ0v) is 16.9. The van der Waals surface area contributed by atoms with Crippen molar-refractivity contribution in [3.8, 4) is 0 Å². The maximum Gasteiger partial charge on any atom is 0.295 e. The highest BCUT2D eigenvalue weighted by atomic mass is 35.5. The molecule has 2 aromatic carbocycles. The molecule has 0 bridgehead atoms. The highest BCUT2D eigenvalue weighted by Crippen LogP contribution is 2.40. The molecule has 2 aliphatic rings. The third-order valence-corrected chi connectivity index (χ3v) is 5.73. The Bertz CT molecular complexity index is 959. The van der Waals surface area contributed by atoms with E-state index in [-0.39, 0.29) is 17.4 Å². The van der Waals surface area contributed by atoms with E-state index in [0.717, 1.165) is 24.0 Å². The Labute approximate surface area is 174 Å². The SMILES string of the molecule is Cc1ccc([C@@H]2C(=C(O)c3ccc(Cl)cc3)C(=O)C(=O)N2C[C@@H]2CCCO2)cc1. The van der Waals surface area contributed by atoms with Gasteiger partial charge >= 0.3 is 0 Å². The van der Waals surface area contributed by atoms with Crippen LogP contribution in [0.1, 0.15) is 35.6 Å². The van der Waals surface area contributed by atoms with Crippen LogP contribution in [0.2, 0.25) is 5.02 Å². The number of ether oxygens (including phenoxy) is 1. The summed E-state index contributed by atoms with van der Waals surface area (Å²) in [6.07, 6.45) is 1.69. The summed E-state index contributed by atoms with van der Waals surface area (Å²) < 4.78 is 5.70. The van der Waals surface area contributed by atoms with Crippen LogP contribution in [0.15, 0.2) is 54.1 Å². The van der Waals surface area contributed by atoms with E-state index in [0.29, 0.717) is 23.7 Å². The number of aliphatic hydroxyl groups excluding tert-OH is 1. The molecule has 0 radical (unpaired) electrons. The summed E-state index contributed by atoms with van der Waals surface area (Å²) in [6.45, 7) is 2.95. The Hall–Kier alpha value is -2.63. The number of nitrogens with zero attached hydrogens (tertiary/aromatic N) is 1. The second-order valence-corrected chi connectivity index (χ2v) is 7.94. The van der Waals surface area contributed by atoms with Crippen molar-refractivity contribution in [2.45, 2.75) is 31.9 Å². The van der Waals surface area contributed by atoms with E-state index in [2.05, 4.69) is 0 Å². The van der Waals surface area contributed by atoms with E-state index < -0.39 is 17.7 Å². The van der Waals surface area contributed by atoms with Crippen LogP contribution in [0, 0.1) is 6.92 Å². The second-order valence-electron chi connectivity index (χ2n) is 7.50. The van der Waals surface area contributed by atoms with Crippen molar-refractivity contribution < 1.29 is 19.4 Å². The molecule has 0 aliphatic carbocycles. The number of likely N-dealkylation sites (tertiary alicyclic amines) is 1. The lowest BCUT2D eigenvalue weighted by Crippen LogP contribution is -2.36. The van der Waals surface area contributed by atoms with Crippen LogP contribution in [0.4, 0.5) is 0 Å². The number of aliphatic hydroxyl groups is 1. The predicted octanol–water partition coefficient (Wildman–Crippen LogP) is 4.25. The molecule has 1 amide bonds. The largest absolute Gasteiger partial charge is 0.507 e. The summed E-state index contributed by atoms with van der Waals surface area (Å²) in [6, 6.07) is 13.5. The van der Waals surface area contributed by atoms with Gasteiger partial charge in [0.25, 0.3) is 11.7 Å². The number of ketones is 1. The molecule has 2 aromatic rings. The zero-order chi connectivity index (χ0) is 20.5. The number of rotatable bonds is 4. The van der Waals surface area contributed by atoms with Crippen LogP contribution in [-0.4, -0.2) is 41.0 Å². The minimum absolute atomic E-state index is 0.0965. The Morgan fingerprint density at radius 1 is 1.14 bits per heavy atom. The molecular formula is C23H22ClNO4. The van der Waals surface area contributed by atoms with Gasteiger partial charge in [-0.3, -0.25) is 9.59 Å². The molecule has 2 aliphatic heterocycles. The summed E-state index contributed by atoms with van der Waals surface area (Å²) in [5, 5.41) is 11.5. The fourth-order valence-corrected chi connectivity index (χ4v) is 4.06. The molecule has 29 heavy (non-hydrogen) atoms. The van der Waals surface area contributed by atoms with Gasteiger partial charge in [-0.05, 0) is 49.6 Å². The number of amides is 1. The van der Waals surface area contributed by atoms with Crippen molar-refractivity contribution in [1.82, 2.24) is 4.90 Å².